The number of aromatic nitrogens is 2. The number of ether oxygens (including phenoxy) is 2. The SMILES string of the molecule is COCc1nc(-c2ccccc2)nc(N2CCN(C(=O)[C@@H]3CCOC3)CC2)c1Cc1cccc(C(F)(F)F)c1. The lowest BCUT2D eigenvalue weighted by Crippen LogP contribution is -2.51. The molecule has 0 spiro atoms. The monoisotopic (exact) mass is 540 g/mol. The van der Waals surface area contributed by atoms with Crippen molar-refractivity contribution < 1.29 is 27.4 Å². The van der Waals surface area contributed by atoms with Gasteiger partial charge in [-0.05, 0) is 18.1 Å². The van der Waals surface area contributed by atoms with E-state index in [1.807, 2.05) is 35.2 Å². The van der Waals surface area contributed by atoms with Gasteiger partial charge >= 0.3 is 6.18 Å². The van der Waals surface area contributed by atoms with Gasteiger partial charge < -0.3 is 19.3 Å². The Morgan fingerprint density at radius 3 is 2.49 bits per heavy atom. The van der Waals surface area contributed by atoms with Gasteiger partial charge in [-0.25, -0.2) is 9.97 Å². The Labute approximate surface area is 225 Å². The van der Waals surface area contributed by atoms with E-state index in [-0.39, 0.29) is 24.9 Å². The summed E-state index contributed by atoms with van der Waals surface area (Å²) < 4.78 is 51.2. The maximum Gasteiger partial charge on any atom is 0.416 e. The summed E-state index contributed by atoms with van der Waals surface area (Å²) in [6.45, 7) is 3.42. The van der Waals surface area contributed by atoms with Crippen LogP contribution in [0.1, 0.15) is 28.8 Å². The largest absolute Gasteiger partial charge is 0.416 e. The van der Waals surface area contributed by atoms with E-state index in [0.29, 0.717) is 62.3 Å². The number of methoxy groups -OCH3 is 1. The molecule has 39 heavy (non-hydrogen) atoms. The third-order valence-corrected chi connectivity index (χ3v) is 7.19. The van der Waals surface area contributed by atoms with E-state index in [4.69, 9.17) is 19.4 Å². The highest BCUT2D eigenvalue weighted by Crippen LogP contribution is 2.33. The van der Waals surface area contributed by atoms with Gasteiger partial charge in [0, 0.05) is 57.4 Å². The Balaban J connectivity index is 1.50. The van der Waals surface area contributed by atoms with Crippen molar-refractivity contribution in [1.82, 2.24) is 14.9 Å². The number of rotatable bonds is 7. The number of piperazine rings is 1. The van der Waals surface area contributed by atoms with Crippen LogP contribution in [-0.4, -0.2) is 67.3 Å². The summed E-state index contributed by atoms with van der Waals surface area (Å²) in [5.41, 5.74) is 1.99. The fourth-order valence-corrected chi connectivity index (χ4v) is 5.12. The molecule has 7 nitrogen and oxygen atoms in total. The van der Waals surface area contributed by atoms with Gasteiger partial charge in [-0.1, -0.05) is 48.5 Å². The Morgan fingerprint density at radius 2 is 1.82 bits per heavy atom. The normalized spacial score (nSPS) is 18.0. The first kappa shape index (κ1) is 27.1. The molecule has 0 saturated carbocycles. The van der Waals surface area contributed by atoms with E-state index in [1.54, 1.807) is 13.2 Å². The third kappa shape index (κ3) is 6.23. The van der Waals surface area contributed by atoms with Crippen molar-refractivity contribution in [3.05, 3.63) is 77.0 Å². The molecule has 0 radical (unpaired) electrons. The summed E-state index contributed by atoms with van der Waals surface area (Å²) in [4.78, 5) is 26.6. The molecule has 1 amide bonds. The minimum atomic E-state index is -4.44. The number of alkyl halides is 3. The molecule has 2 aliphatic heterocycles. The number of carbonyl (C=O) groups excluding carboxylic acids is 1. The second kappa shape index (κ2) is 11.7. The van der Waals surface area contributed by atoms with Gasteiger partial charge in [-0.3, -0.25) is 4.79 Å². The van der Waals surface area contributed by atoms with Crippen molar-refractivity contribution in [2.24, 2.45) is 5.92 Å². The topological polar surface area (TPSA) is 67.8 Å². The Kier molecular flexibility index (Phi) is 8.13. The molecule has 0 bridgehead atoms. The first-order valence-electron chi connectivity index (χ1n) is 13.0. The van der Waals surface area contributed by atoms with Crippen molar-refractivity contribution in [2.75, 3.05) is 51.4 Å². The molecule has 2 aromatic carbocycles. The van der Waals surface area contributed by atoms with Gasteiger partial charge in [0.1, 0.15) is 5.82 Å². The molecule has 2 saturated heterocycles. The van der Waals surface area contributed by atoms with Crippen LogP contribution in [0.15, 0.2) is 54.6 Å². The zero-order chi connectivity index (χ0) is 27.4. The van der Waals surface area contributed by atoms with Crippen LogP contribution >= 0.6 is 0 Å². The molecule has 1 atom stereocenters. The Hall–Kier alpha value is -3.50. The lowest BCUT2D eigenvalue weighted by Gasteiger charge is -2.37. The molecule has 5 rings (SSSR count). The van der Waals surface area contributed by atoms with Gasteiger partial charge in [0.15, 0.2) is 5.82 Å². The van der Waals surface area contributed by atoms with Crippen LogP contribution in [-0.2, 0) is 33.5 Å². The van der Waals surface area contributed by atoms with Crippen molar-refractivity contribution in [3.8, 4) is 11.4 Å². The minimum Gasteiger partial charge on any atom is -0.381 e. The van der Waals surface area contributed by atoms with Crippen LogP contribution in [0.2, 0.25) is 0 Å². The smallest absolute Gasteiger partial charge is 0.381 e. The minimum absolute atomic E-state index is 0.0925. The summed E-state index contributed by atoms with van der Waals surface area (Å²) in [6.07, 6.45) is -3.48. The molecule has 2 fully saturated rings. The fraction of sp³-hybridized carbons (Fsp3) is 0.414. The van der Waals surface area contributed by atoms with Crippen LogP contribution in [0, 0.1) is 5.92 Å². The third-order valence-electron chi connectivity index (χ3n) is 7.19. The summed E-state index contributed by atoms with van der Waals surface area (Å²) >= 11 is 0. The molecule has 2 aliphatic rings. The fourth-order valence-electron chi connectivity index (χ4n) is 5.12. The molecular formula is C29H31F3N4O3. The molecule has 206 valence electrons. The van der Waals surface area contributed by atoms with E-state index in [0.717, 1.165) is 23.6 Å². The Bertz CT molecular complexity index is 1290. The lowest BCUT2D eigenvalue weighted by molar-refractivity contribution is -0.137. The average Bonchev–Trinajstić information content (AvgIpc) is 3.49. The second-order valence-electron chi connectivity index (χ2n) is 9.84. The summed E-state index contributed by atoms with van der Waals surface area (Å²) in [7, 11) is 1.56. The molecule has 3 heterocycles. The molecule has 1 aromatic heterocycles. The van der Waals surface area contributed by atoms with Crippen molar-refractivity contribution >= 4 is 11.7 Å². The first-order valence-corrected chi connectivity index (χ1v) is 13.0. The number of halogens is 3. The highest BCUT2D eigenvalue weighted by Gasteiger charge is 2.32. The van der Waals surface area contributed by atoms with E-state index in [2.05, 4.69) is 4.90 Å². The maximum absolute atomic E-state index is 13.4. The van der Waals surface area contributed by atoms with Gasteiger partial charge in [-0.15, -0.1) is 0 Å². The van der Waals surface area contributed by atoms with Gasteiger partial charge in [0.05, 0.1) is 30.4 Å². The number of nitrogens with zero attached hydrogens (tertiary/aromatic N) is 4. The number of anilines is 1. The van der Waals surface area contributed by atoms with E-state index in [9.17, 15) is 18.0 Å². The number of hydrogen-bond acceptors (Lipinski definition) is 6. The van der Waals surface area contributed by atoms with Gasteiger partial charge in [0.2, 0.25) is 5.91 Å². The van der Waals surface area contributed by atoms with Crippen LogP contribution in [0.5, 0.6) is 0 Å². The summed E-state index contributed by atoms with van der Waals surface area (Å²) in [5.74, 6) is 1.20. The predicted octanol–water partition coefficient (Wildman–Crippen LogP) is 4.58. The van der Waals surface area contributed by atoms with Crippen molar-refractivity contribution in [1.29, 1.82) is 0 Å². The second-order valence-corrected chi connectivity index (χ2v) is 9.84. The first-order chi connectivity index (χ1) is 18.8. The number of amides is 1. The number of benzene rings is 2. The quantitative estimate of drug-likeness (QED) is 0.437. The predicted molar refractivity (Wildman–Crippen MR) is 140 cm³/mol. The van der Waals surface area contributed by atoms with E-state index in [1.165, 1.54) is 12.1 Å². The number of carbonyl (C=O) groups is 1. The van der Waals surface area contributed by atoms with Gasteiger partial charge in [-0.2, -0.15) is 13.2 Å². The molecule has 10 heteroatoms. The van der Waals surface area contributed by atoms with E-state index < -0.39 is 11.7 Å². The summed E-state index contributed by atoms with van der Waals surface area (Å²) in [6, 6.07) is 14.9. The molecule has 0 aliphatic carbocycles. The van der Waals surface area contributed by atoms with Gasteiger partial charge in [0.25, 0.3) is 0 Å². The summed E-state index contributed by atoms with van der Waals surface area (Å²) in [5, 5.41) is 0. The van der Waals surface area contributed by atoms with Crippen molar-refractivity contribution in [2.45, 2.75) is 25.6 Å². The zero-order valence-corrected chi connectivity index (χ0v) is 21.8. The average molecular weight is 541 g/mol. The van der Waals surface area contributed by atoms with Crippen LogP contribution in [0.3, 0.4) is 0 Å². The highest BCUT2D eigenvalue weighted by molar-refractivity contribution is 5.79. The molecule has 0 N–H and O–H groups in total. The van der Waals surface area contributed by atoms with Crippen LogP contribution in [0.4, 0.5) is 19.0 Å². The standard InChI is InChI=1S/C29H31F3N4O3/c1-38-19-25-24(17-20-6-5-9-23(16-20)29(30,31)32)27(34-26(33-25)21-7-3-2-4-8-21)35-11-13-36(14-12-35)28(37)22-10-15-39-18-22/h2-9,16,22H,10-15,17-19H2,1H3/t22-/m1/s1. The molecular weight excluding hydrogens is 509 g/mol. The highest BCUT2D eigenvalue weighted by atomic mass is 19.4. The molecule has 0 unspecified atom stereocenters. The van der Waals surface area contributed by atoms with Crippen molar-refractivity contribution in [3.63, 3.8) is 0 Å². The maximum atomic E-state index is 13.4. The van der Waals surface area contributed by atoms with Crippen LogP contribution in [0.25, 0.3) is 11.4 Å². The van der Waals surface area contributed by atoms with E-state index >= 15 is 0 Å². The molecule has 3 aromatic rings. The lowest BCUT2D eigenvalue weighted by atomic mass is 10.0. The Morgan fingerprint density at radius 1 is 1.05 bits per heavy atom. The van der Waals surface area contributed by atoms with Crippen LogP contribution < -0.4 is 4.90 Å². The zero-order valence-electron chi connectivity index (χ0n) is 21.8. The number of hydrogen-bond donors (Lipinski definition) is 0.